The van der Waals surface area contributed by atoms with Gasteiger partial charge in [-0.1, -0.05) is 13.8 Å². The highest BCUT2D eigenvalue weighted by Gasteiger charge is 2.34. The number of halogens is 3. The molecule has 0 aliphatic heterocycles. The second-order valence-electron chi connectivity index (χ2n) is 9.94. The van der Waals surface area contributed by atoms with Crippen LogP contribution in [-0.2, 0) is 0 Å². The molecule has 3 aromatic rings. The van der Waals surface area contributed by atoms with Crippen LogP contribution in [0.15, 0.2) is 16.5 Å². The number of nitrogens with zero attached hydrogens (tertiary/aromatic N) is 3. The van der Waals surface area contributed by atoms with Gasteiger partial charge in [0, 0.05) is 18.1 Å². The van der Waals surface area contributed by atoms with Gasteiger partial charge >= 0.3 is 6.18 Å². The van der Waals surface area contributed by atoms with Crippen molar-refractivity contribution in [1.29, 1.82) is 0 Å². The molecule has 0 radical (unpaired) electrons. The van der Waals surface area contributed by atoms with Gasteiger partial charge in [0.25, 0.3) is 0 Å². The number of ether oxygens (including phenoxy) is 1. The molecule has 0 saturated heterocycles. The van der Waals surface area contributed by atoms with E-state index in [9.17, 15) is 23.4 Å². The zero-order valence-electron chi connectivity index (χ0n) is 21.2. The zero-order valence-corrected chi connectivity index (χ0v) is 21.2. The number of aryl methyl sites for hydroxylation is 2. The van der Waals surface area contributed by atoms with Gasteiger partial charge in [-0.15, -0.1) is 0 Å². The summed E-state index contributed by atoms with van der Waals surface area (Å²) in [6, 6.07) is 3.10. The van der Waals surface area contributed by atoms with Crippen LogP contribution >= 0.6 is 0 Å². The number of fused-ring (bicyclic) bond motifs is 1. The van der Waals surface area contributed by atoms with Gasteiger partial charge in [0.1, 0.15) is 18.1 Å². The Morgan fingerprint density at radius 3 is 2.54 bits per heavy atom. The number of furan rings is 1. The van der Waals surface area contributed by atoms with E-state index in [1.54, 1.807) is 26.0 Å². The van der Waals surface area contributed by atoms with Crippen LogP contribution in [0.4, 0.5) is 24.9 Å². The van der Waals surface area contributed by atoms with Crippen molar-refractivity contribution in [1.82, 2.24) is 15.0 Å². The molecule has 202 valence electrons. The van der Waals surface area contributed by atoms with E-state index < -0.39 is 24.9 Å². The van der Waals surface area contributed by atoms with Crippen LogP contribution < -0.4 is 15.4 Å². The first-order chi connectivity index (χ1) is 17.4. The number of hydrogen-bond acceptors (Lipinski definition) is 9. The van der Waals surface area contributed by atoms with Crippen LogP contribution in [0.1, 0.15) is 38.1 Å². The van der Waals surface area contributed by atoms with Gasteiger partial charge in [-0.3, -0.25) is 0 Å². The lowest BCUT2D eigenvalue weighted by molar-refractivity contribution is -0.115. The predicted molar refractivity (Wildman–Crippen MR) is 133 cm³/mol. The van der Waals surface area contributed by atoms with Crippen LogP contribution in [0.5, 0.6) is 5.88 Å². The minimum Gasteiger partial charge on any atom is -0.477 e. The molecular weight excluding hydrogens is 491 g/mol. The molecular formula is C25H32F3N5O4. The molecule has 3 heterocycles. The Balaban J connectivity index is 1.74. The maximum atomic E-state index is 12.8. The molecule has 9 nitrogen and oxygen atoms in total. The van der Waals surface area contributed by atoms with Gasteiger partial charge in [-0.2, -0.15) is 18.2 Å². The summed E-state index contributed by atoms with van der Waals surface area (Å²) >= 11 is 0. The van der Waals surface area contributed by atoms with Gasteiger partial charge in [-0.25, -0.2) is 9.97 Å². The summed E-state index contributed by atoms with van der Waals surface area (Å²) in [5, 5.41) is 26.2. The number of aliphatic hydroxyl groups is 2. The fourth-order valence-corrected chi connectivity index (χ4v) is 4.45. The molecule has 0 bridgehead atoms. The van der Waals surface area contributed by atoms with E-state index in [2.05, 4.69) is 25.6 Å². The van der Waals surface area contributed by atoms with Crippen molar-refractivity contribution in [3.05, 3.63) is 23.5 Å². The van der Waals surface area contributed by atoms with Crippen molar-refractivity contribution < 1.29 is 32.5 Å². The van der Waals surface area contributed by atoms with E-state index in [4.69, 9.17) is 9.15 Å². The Morgan fingerprint density at radius 2 is 1.89 bits per heavy atom. The predicted octanol–water partition coefficient (Wildman–Crippen LogP) is 4.45. The number of hydrogen-bond donors (Lipinski definition) is 4. The molecule has 4 N–H and O–H groups in total. The van der Waals surface area contributed by atoms with Gasteiger partial charge in [-0.05, 0) is 44.6 Å². The molecule has 0 amide bonds. The van der Waals surface area contributed by atoms with Crippen molar-refractivity contribution >= 4 is 22.7 Å². The molecule has 3 aromatic heterocycles. The summed E-state index contributed by atoms with van der Waals surface area (Å²) in [6.45, 7) is 6.67. The lowest BCUT2D eigenvalue weighted by Gasteiger charge is -2.20. The summed E-state index contributed by atoms with van der Waals surface area (Å²) in [5.41, 5.74) is 2.00. The summed E-state index contributed by atoms with van der Waals surface area (Å²) in [7, 11) is 0. The van der Waals surface area contributed by atoms with Gasteiger partial charge < -0.3 is 30.0 Å². The molecule has 1 fully saturated rings. The molecule has 3 atom stereocenters. The topological polar surface area (TPSA) is 126 Å². The second-order valence-corrected chi connectivity index (χ2v) is 9.94. The van der Waals surface area contributed by atoms with Crippen LogP contribution in [0.3, 0.4) is 0 Å². The van der Waals surface area contributed by atoms with Crippen LogP contribution in [0, 0.1) is 25.7 Å². The molecule has 1 saturated carbocycles. The Kier molecular flexibility index (Phi) is 7.79. The van der Waals surface area contributed by atoms with E-state index in [1.807, 2.05) is 13.8 Å². The first-order valence-corrected chi connectivity index (χ1v) is 12.2. The van der Waals surface area contributed by atoms with Crippen molar-refractivity contribution in [3.63, 3.8) is 0 Å². The van der Waals surface area contributed by atoms with E-state index >= 15 is 0 Å². The lowest BCUT2D eigenvalue weighted by Crippen LogP contribution is -2.29. The van der Waals surface area contributed by atoms with Crippen molar-refractivity contribution in [2.45, 2.75) is 58.9 Å². The zero-order chi connectivity index (χ0) is 26.9. The molecule has 3 unspecified atom stereocenters. The normalized spacial score (nSPS) is 20.1. The Labute approximate surface area is 212 Å². The molecule has 37 heavy (non-hydrogen) atoms. The molecule has 1 aliphatic carbocycles. The van der Waals surface area contributed by atoms with Crippen molar-refractivity contribution in [2.75, 3.05) is 30.4 Å². The summed E-state index contributed by atoms with van der Waals surface area (Å²) < 4.78 is 50.3. The number of alkyl halides is 3. The molecule has 12 heteroatoms. The Bertz CT molecular complexity index is 1250. The third-order valence-electron chi connectivity index (χ3n) is 6.20. The maximum absolute atomic E-state index is 12.8. The number of rotatable bonds is 9. The van der Waals surface area contributed by atoms with Crippen LogP contribution in [-0.4, -0.2) is 63.2 Å². The smallest absolute Gasteiger partial charge is 0.405 e. The summed E-state index contributed by atoms with van der Waals surface area (Å²) in [5.74, 6) is 1.12. The summed E-state index contributed by atoms with van der Waals surface area (Å²) in [6.07, 6.45) is -4.32. The molecule has 4 rings (SSSR count). The Morgan fingerprint density at radius 1 is 1.14 bits per heavy atom. The highest BCUT2D eigenvalue weighted by atomic mass is 19.4. The monoisotopic (exact) mass is 523 g/mol. The lowest BCUT2D eigenvalue weighted by atomic mass is 10.1. The van der Waals surface area contributed by atoms with Crippen LogP contribution in [0.25, 0.3) is 22.3 Å². The molecule has 0 spiro atoms. The fraction of sp³-hybridized carbons (Fsp3) is 0.560. The number of aliphatic hydroxyl groups excluding tert-OH is 2. The highest BCUT2D eigenvalue weighted by Crippen LogP contribution is 2.38. The maximum Gasteiger partial charge on any atom is 0.405 e. The number of nitrogens with one attached hydrogen (secondary N) is 2. The quantitative estimate of drug-likeness (QED) is 0.322. The third-order valence-corrected chi connectivity index (χ3v) is 6.20. The second kappa shape index (κ2) is 10.7. The molecule has 1 aliphatic rings. The standard InChI is InChI=1S/C25H32F3N5O4/c1-12(2)10-36-20-8-16-7-19(37-22(16)14(4)30-20)21-13(3)31-24(29-11-25(26,27)28)33-23(21)32-17-5-15(9-34)6-18(17)35/h7-8,12,15,17-18,34-35H,5-6,9-11H2,1-4H3,(H2,29,31,32,33). The fourth-order valence-electron chi connectivity index (χ4n) is 4.45. The van der Waals surface area contributed by atoms with Crippen molar-refractivity contribution in [3.8, 4) is 17.2 Å². The number of aromatic nitrogens is 3. The Hall–Kier alpha value is -3.12. The van der Waals surface area contributed by atoms with E-state index in [-0.39, 0.29) is 24.3 Å². The first kappa shape index (κ1) is 26.9. The largest absolute Gasteiger partial charge is 0.477 e. The third kappa shape index (κ3) is 6.42. The molecule has 0 aromatic carbocycles. The van der Waals surface area contributed by atoms with E-state index in [1.165, 1.54) is 0 Å². The minimum absolute atomic E-state index is 0.0691. The van der Waals surface area contributed by atoms with Crippen molar-refractivity contribution in [2.24, 2.45) is 11.8 Å². The van der Waals surface area contributed by atoms with E-state index in [0.29, 0.717) is 59.5 Å². The van der Waals surface area contributed by atoms with E-state index in [0.717, 1.165) is 5.39 Å². The SMILES string of the molecule is Cc1nc(NCC(F)(F)F)nc(NC2CC(CO)CC2O)c1-c1cc2cc(OCC(C)C)nc(C)c2o1. The summed E-state index contributed by atoms with van der Waals surface area (Å²) in [4.78, 5) is 13.0. The van der Waals surface area contributed by atoms with Gasteiger partial charge in [0.05, 0.1) is 35.7 Å². The minimum atomic E-state index is -4.45. The van der Waals surface area contributed by atoms with Gasteiger partial charge in [0.15, 0.2) is 5.58 Å². The van der Waals surface area contributed by atoms with Gasteiger partial charge in [0.2, 0.25) is 11.8 Å². The number of pyridine rings is 1. The average Bonchev–Trinajstić information content (AvgIpc) is 3.39. The van der Waals surface area contributed by atoms with Crippen LogP contribution in [0.2, 0.25) is 0 Å². The average molecular weight is 524 g/mol. The first-order valence-electron chi connectivity index (χ1n) is 12.2. The highest BCUT2D eigenvalue weighted by molar-refractivity contribution is 5.88. The number of anilines is 2.